The fourth-order valence-corrected chi connectivity index (χ4v) is 3.19. The number of Topliss-reactive ketones (excluding diaryl/α,β-unsaturated/α-hetero) is 1. The summed E-state index contributed by atoms with van der Waals surface area (Å²) in [6.07, 6.45) is 2.40. The number of ether oxygens (including phenoxy) is 1. The number of morpholine rings is 1. The predicted molar refractivity (Wildman–Crippen MR) is 74.5 cm³/mol. The SMILES string of the molecule is CC(=O)c1cc(C2(N3CCOCC3)CC2)ccc1C. The second kappa shape index (κ2) is 4.73. The molecule has 1 saturated carbocycles. The Bertz CT molecular complexity index is 499. The van der Waals surface area contributed by atoms with Crippen molar-refractivity contribution in [3.05, 3.63) is 34.9 Å². The van der Waals surface area contributed by atoms with Crippen LogP contribution in [0, 0.1) is 6.92 Å². The molecule has 102 valence electrons. The zero-order valence-electron chi connectivity index (χ0n) is 11.7. The molecule has 0 spiro atoms. The van der Waals surface area contributed by atoms with Gasteiger partial charge in [0.15, 0.2) is 5.78 Å². The molecule has 1 aromatic carbocycles. The summed E-state index contributed by atoms with van der Waals surface area (Å²) in [6, 6.07) is 6.40. The topological polar surface area (TPSA) is 29.5 Å². The average molecular weight is 259 g/mol. The summed E-state index contributed by atoms with van der Waals surface area (Å²) in [5.74, 6) is 0.164. The standard InChI is InChI=1S/C16H21NO2/c1-12-3-4-14(11-15(12)13(2)18)16(5-6-16)17-7-9-19-10-8-17/h3-4,11H,5-10H2,1-2H3. The Labute approximate surface area is 114 Å². The van der Waals surface area contributed by atoms with Gasteiger partial charge in [-0.2, -0.15) is 0 Å². The Balaban J connectivity index is 1.93. The molecule has 0 radical (unpaired) electrons. The Morgan fingerprint density at radius 2 is 1.95 bits per heavy atom. The van der Waals surface area contributed by atoms with Crippen LogP contribution in [-0.2, 0) is 10.3 Å². The van der Waals surface area contributed by atoms with E-state index < -0.39 is 0 Å². The molecule has 0 amide bonds. The van der Waals surface area contributed by atoms with Crippen LogP contribution in [0.3, 0.4) is 0 Å². The molecule has 1 aromatic rings. The van der Waals surface area contributed by atoms with Gasteiger partial charge in [0, 0.05) is 24.2 Å². The number of carbonyl (C=O) groups is 1. The molecule has 1 aliphatic carbocycles. The highest BCUT2D eigenvalue weighted by atomic mass is 16.5. The van der Waals surface area contributed by atoms with Crippen molar-refractivity contribution in [2.75, 3.05) is 26.3 Å². The first-order chi connectivity index (χ1) is 9.13. The molecule has 3 rings (SSSR count). The minimum absolute atomic E-state index is 0.164. The van der Waals surface area contributed by atoms with Crippen molar-refractivity contribution in [3.8, 4) is 0 Å². The van der Waals surface area contributed by atoms with Crippen molar-refractivity contribution in [1.29, 1.82) is 0 Å². The molecule has 1 heterocycles. The molecule has 1 aliphatic heterocycles. The van der Waals surface area contributed by atoms with Crippen LogP contribution < -0.4 is 0 Å². The van der Waals surface area contributed by atoms with Crippen molar-refractivity contribution < 1.29 is 9.53 Å². The molecule has 3 nitrogen and oxygen atoms in total. The summed E-state index contributed by atoms with van der Waals surface area (Å²) < 4.78 is 5.44. The zero-order chi connectivity index (χ0) is 13.5. The molecule has 19 heavy (non-hydrogen) atoms. The first-order valence-electron chi connectivity index (χ1n) is 7.08. The van der Waals surface area contributed by atoms with Crippen molar-refractivity contribution >= 4 is 5.78 Å². The summed E-state index contributed by atoms with van der Waals surface area (Å²) in [5.41, 5.74) is 3.44. The van der Waals surface area contributed by atoms with E-state index in [-0.39, 0.29) is 11.3 Å². The second-order valence-electron chi connectivity index (χ2n) is 5.72. The number of hydrogen-bond donors (Lipinski definition) is 0. The van der Waals surface area contributed by atoms with Crippen molar-refractivity contribution in [1.82, 2.24) is 4.90 Å². The maximum absolute atomic E-state index is 11.7. The molecule has 0 aromatic heterocycles. The number of aryl methyl sites for hydroxylation is 1. The maximum atomic E-state index is 11.7. The maximum Gasteiger partial charge on any atom is 0.160 e. The van der Waals surface area contributed by atoms with Gasteiger partial charge in [-0.25, -0.2) is 0 Å². The number of ketones is 1. The van der Waals surface area contributed by atoms with E-state index in [1.54, 1.807) is 6.92 Å². The van der Waals surface area contributed by atoms with E-state index in [1.165, 1.54) is 18.4 Å². The first-order valence-corrected chi connectivity index (χ1v) is 7.08. The molecule has 2 fully saturated rings. The van der Waals surface area contributed by atoms with Gasteiger partial charge in [-0.1, -0.05) is 12.1 Å². The van der Waals surface area contributed by atoms with E-state index in [9.17, 15) is 4.79 Å². The highest BCUT2D eigenvalue weighted by Gasteiger charge is 2.49. The third-order valence-electron chi connectivity index (χ3n) is 4.49. The van der Waals surface area contributed by atoms with Crippen LogP contribution in [0.25, 0.3) is 0 Å². The van der Waals surface area contributed by atoms with Gasteiger partial charge in [0.1, 0.15) is 0 Å². The smallest absolute Gasteiger partial charge is 0.160 e. The van der Waals surface area contributed by atoms with E-state index >= 15 is 0 Å². The molecule has 0 atom stereocenters. The van der Waals surface area contributed by atoms with Gasteiger partial charge < -0.3 is 4.74 Å². The minimum atomic E-state index is 0.164. The molecule has 0 N–H and O–H groups in total. The summed E-state index contributed by atoms with van der Waals surface area (Å²) in [7, 11) is 0. The summed E-state index contributed by atoms with van der Waals surface area (Å²) in [5, 5.41) is 0. The summed E-state index contributed by atoms with van der Waals surface area (Å²) in [4.78, 5) is 14.2. The summed E-state index contributed by atoms with van der Waals surface area (Å²) >= 11 is 0. The van der Waals surface area contributed by atoms with E-state index in [0.717, 1.165) is 37.4 Å². The number of rotatable bonds is 3. The third kappa shape index (κ3) is 2.21. The third-order valence-corrected chi connectivity index (χ3v) is 4.49. The van der Waals surface area contributed by atoms with Crippen LogP contribution in [0.4, 0.5) is 0 Å². The first kappa shape index (κ1) is 12.8. The second-order valence-corrected chi connectivity index (χ2v) is 5.72. The lowest BCUT2D eigenvalue weighted by Gasteiger charge is -2.35. The molecule has 1 saturated heterocycles. The largest absolute Gasteiger partial charge is 0.379 e. The van der Waals surface area contributed by atoms with Gasteiger partial charge in [0.05, 0.1) is 13.2 Å². The van der Waals surface area contributed by atoms with E-state index in [2.05, 4.69) is 23.1 Å². The van der Waals surface area contributed by atoms with Gasteiger partial charge in [0.25, 0.3) is 0 Å². The lowest BCUT2D eigenvalue weighted by atomic mass is 9.95. The van der Waals surface area contributed by atoms with Crippen molar-refractivity contribution in [3.63, 3.8) is 0 Å². The van der Waals surface area contributed by atoms with Gasteiger partial charge >= 0.3 is 0 Å². The van der Waals surface area contributed by atoms with Gasteiger partial charge in [-0.3, -0.25) is 9.69 Å². The van der Waals surface area contributed by atoms with Gasteiger partial charge in [-0.05, 0) is 43.9 Å². The fourth-order valence-electron chi connectivity index (χ4n) is 3.19. The monoisotopic (exact) mass is 259 g/mol. The number of nitrogens with zero attached hydrogens (tertiary/aromatic N) is 1. The Morgan fingerprint density at radius 1 is 1.26 bits per heavy atom. The highest BCUT2D eigenvalue weighted by Crippen LogP contribution is 2.51. The quantitative estimate of drug-likeness (QED) is 0.781. The van der Waals surface area contributed by atoms with Crippen LogP contribution in [-0.4, -0.2) is 37.0 Å². The fraction of sp³-hybridized carbons (Fsp3) is 0.562. The molecule has 2 aliphatic rings. The van der Waals surface area contributed by atoms with E-state index in [4.69, 9.17) is 4.74 Å². The molecule has 0 bridgehead atoms. The van der Waals surface area contributed by atoms with Crippen LogP contribution >= 0.6 is 0 Å². The predicted octanol–water partition coefficient (Wildman–Crippen LogP) is 2.52. The molecular formula is C16H21NO2. The van der Waals surface area contributed by atoms with Crippen molar-refractivity contribution in [2.24, 2.45) is 0 Å². The lowest BCUT2D eigenvalue weighted by molar-refractivity contribution is 0.00833. The van der Waals surface area contributed by atoms with Crippen LogP contribution in [0.2, 0.25) is 0 Å². The number of carbonyl (C=O) groups excluding carboxylic acids is 1. The Morgan fingerprint density at radius 3 is 2.53 bits per heavy atom. The molecule has 0 unspecified atom stereocenters. The van der Waals surface area contributed by atoms with Gasteiger partial charge in [0.2, 0.25) is 0 Å². The number of hydrogen-bond acceptors (Lipinski definition) is 3. The lowest BCUT2D eigenvalue weighted by Crippen LogP contribution is -2.43. The highest BCUT2D eigenvalue weighted by molar-refractivity contribution is 5.95. The van der Waals surface area contributed by atoms with E-state index in [1.807, 2.05) is 6.92 Å². The molecule has 3 heteroatoms. The van der Waals surface area contributed by atoms with Crippen molar-refractivity contribution in [2.45, 2.75) is 32.2 Å². The van der Waals surface area contributed by atoms with Gasteiger partial charge in [-0.15, -0.1) is 0 Å². The minimum Gasteiger partial charge on any atom is -0.379 e. The summed E-state index contributed by atoms with van der Waals surface area (Å²) in [6.45, 7) is 7.32. The van der Waals surface area contributed by atoms with Crippen LogP contribution in [0.5, 0.6) is 0 Å². The zero-order valence-corrected chi connectivity index (χ0v) is 11.7. The Kier molecular flexibility index (Phi) is 3.19. The molecular weight excluding hydrogens is 238 g/mol. The normalized spacial score (nSPS) is 22.2. The Hall–Kier alpha value is -1.19. The number of benzene rings is 1. The van der Waals surface area contributed by atoms with E-state index in [0.29, 0.717) is 0 Å². The van der Waals surface area contributed by atoms with Crippen LogP contribution in [0.15, 0.2) is 18.2 Å². The van der Waals surface area contributed by atoms with Crippen LogP contribution in [0.1, 0.15) is 41.3 Å². The average Bonchev–Trinajstić information content (AvgIpc) is 3.21.